The van der Waals surface area contributed by atoms with Gasteiger partial charge in [-0.1, -0.05) is 43.3 Å². The van der Waals surface area contributed by atoms with Crippen molar-refractivity contribution >= 4 is 22.8 Å². The molecule has 0 fully saturated rings. The summed E-state index contributed by atoms with van der Waals surface area (Å²) < 4.78 is 1.73. The molecule has 1 aliphatic rings. The van der Waals surface area contributed by atoms with Crippen LogP contribution >= 0.6 is 0 Å². The third-order valence-corrected chi connectivity index (χ3v) is 4.14. The molecule has 108 valence electrons. The Balaban J connectivity index is 1.83. The zero-order valence-electron chi connectivity index (χ0n) is 12.3. The first kappa shape index (κ1) is 13.0. The first-order valence-electron chi connectivity index (χ1n) is 7.47. The number of fused-ring (bicyclic) bond motifs is 3. The molecule has 0 radical (unpaired) electrons. The second-order valence-electron chi connectivity index (χ2n) is 5.48. The molecule has 1 aliphatic heterocycles. The summed E-state index contributed by atoms with van der Waals surface area (Å²) in [4.78, 5) is 17.3. The molecule has 2 aromatic carbocycles. The van der Waals surface area contributed by atoms with Gasteiger partial charge in [-0.25, -0.2) is 9.78 Å². The lowest BCUT2D eigenvalue weighted by Crippen LogP contribution is -2.41. The van der Waals surface area contributed by atoms with Crippen LogP contribution < -0.4 is 9.88 Å². The number of aryl methyl sites for hydroxylation is 1. The molecule has 0 saturated heterocycles. The topological polar surface area (TPSA) is 45.9 Å². The maximum absolute atomic E-state index is 12.9. The summed E-state index contributed by atoms with van der Waals surface area (Å²) in [6.07, 6.45) is 2.68. The zero-order valence-corrected chi connectivity index (χ0v) is 12.3. The van der Waals surface area contributed by atoms with E-state index in [-0.39, 0.29) is 11.9 Å². The summed E-state index contributed by atoms with van der Waals surface area (Å²) in [7, 11) is 0. The van der Waals surface area contributed by atoms with Crippen molar-refractivity contribution in [1.82, 2.24) is 4.98 Å². The smallest absolute Gasteiger partial charge is 0.254 e. The molecule has 0 aliphatic carbocycles. The van der Waals surface area contributed by atoms with Gasteiger partial charge in [-0.3, -0.25) is 5.32 Å². The number of nitrogens with one attached hydrogen (secondary N) is 1. The lowest BCUT2D eigenvalue weighted by Gasteiger charge is -2.05. The van der Waals surface area contributed by atoms with Gasteiger partial charge in [-0.15, -0.1) is 0 Å². The fourth-order valence-electron chi connectivity index (χ4n) is 2.98. The van der Waals surface area contributed by atoms with E-state index < -0.39 is 0 Å². The second-order valence-corrected chi connectivity index (χ2v) is 5.48. The molecule has 22 heavy (non-hydrogen) atoms. The Bertz CT molecular complexity index is 888. The third-order valence-electron chi connectivity index (χ3n) is 4.14. The minimum atomic E-state index is -0.348. The Kier molecular flexibility index (Phi) is 2.89. The number of carbonyl (C=O) groups is 1. The van der Waals surface area contributed by atoms with Crippen molar-refractivity contribution in [1.29, 1.82) is 0 Å². The standard InChI is InChI=1S/C18H15N3O/c1-2-12-6-5-7-13(10-12)17-18(22)21-15-9-4-3-8-14(15)19-11-16(21)20-17/h3-11,17H,2H2,1H3/p+1. The highest BCUT2D eigenvalue weighted by atomic mass is 16.2. The lowest BCUT2D eigenvalue weighted by molar-refractivity contribution is -0.524. The number of aromatic nitrogens is 2. The molecule has 1 N–H and O–H groups in total. The summed E-state index contributed by atoms with van der Waals surface area (Å²) in [5, 5.41) is 3.29. The van der Waals surface area contributed by atoms with Gasteiger partial charge >= 0.3 is 11.7 Å². The Morgan fingerprint density at radius 1 is 1.18 bits per heavy atom. The van der Waals surface area contributed by atoms with Gasteiger partial charge < -0.3 is 0 Å². The number of nitrogens with zero attached hydrogens (tertiary/aromatic N) is 2. The highest BCUT2D eigenvalue weighted by Gasteiger charge is 2.40. The van der Waals surface area contributed by atoms with E-state index in [1.54, 1.807) is 10.8 Å². The molecule has 0 bridgehead atoms. The van der Waals surface area contributed by atoms with Crippen LogP contribution in [0.25, 0.3) is 11.0 Å². The van der Waals surface area contributed by atoms with Crippen molar-refractivity contribution in [3.05, 3.63) is 65.9 Å². The van der Waals surface area contributed by atoms with Crippen LogP contribution in [-0.4, -0.2) is 10.9 Å². The van der Waals surface area contributed by atoms with Crippen LogP contribution in [0.2, 0.25) is 0 Å². The summed E-state index contributed by atoms with van der Waals surface area (Å²) in [5.74, 6) is 0.789. The number of para-hydroxylation sites is 2. The predicted molar refractivity (Wildman–Crippen MR) is 84.7 cm³/mol. The van der Waals surface area contributed by atoms with Gasteiger partial charge in [0.1, 0.15) is 11.7 Å². The molecule has 4 nitrogen and oxygen atoms in total. The second kappa shape index (κ2) is 4.91. The van der Waals surface area contributed by atoms with Gasteiger partial charge in [0.25, 0.3) is 0 Å². The van der Waals surface area contributed by atoms with Crippen molar-refractivity contribution in [3.8, 4) is 0 Å². The van der Waals surface area contributed by atoms with Crippen LogP contribution in [-0.2, 0) is 6.42 Å². The van der Waals surface area contributed by atoms with Crippen LogP contribution in [0.3, 0.4) is 0 Å². The molecule has 3 aromatic rings. The molecule has 0 spiro atoms. The molecule has 4 rings (SSSR count). The zero-order chi connectivity index (χ0) is 15.1. The van der Waals surface area contributed by atoms with Crippen molar-refractivity contribution in [2.24, 2.45) is 0 Å². The quantitative estimate of drug-likeness (QED) is 0.738. The van der Waals surface area contributed by atoms with Crippen LogP contribution in [0.5, 0.6) is 0 Å². The number of hydrogen-bond donors (Lipinski definition) is 1. The lowest BCUT2D eigenvalue weighted by atomic mass is 10.0. The van der Waals surface area contributed by atoms with E-state index in [0.717, 1.165) is 28.8 Å². The van der Waals surface area contributed by atoms with Crippen molar-refractivity contribution in [2.45, 2.75) is 19.4 Å². The minimum Gasteiger partial charge on any atom is -0.254 e. The van der Waals surface area contributed by atoms with Crippen molar-refractivity contribution in [3.63, 3.8) is 0 Å². The fourth-order valence-corrected chi connectivity index (χ4v) is 2.98. The molecule has 2 heterocycles. The average Bonchev–Trinajstić information content (AvgIpc) is 2.92. The van der Waals surface area contributed by atoms with Crippen LogP contribution in [0.15, 0.2) is 54.7 Å². The maximum atomic E-state index is 12.9. The third kappa shape index (κ3) is 1.88. The van der Waals surface area contributed by atoms with Gasteiger partial charge in [-0.2, -0.15) is 4.57 Å². The Morgan fingerprint density at radius 3 is 2.91 bits per heavy atom. The number of hydrogen-bond acceptors (Lipinski definition) is 3. The molecule has 0 amide bonds. The highest BCUT2D eigenvalue weighted by molar-refractivity contribution is 5.87. The van der Waals surface area contributed by atoms with Gasteiger partial charge in [0.05, 0.1) is 0 Å². The Morgan fingerprint density at radius 2 is 2.05 bits per heavy atom. The van der Waals surface area contributed by atoms with E-state index in [4.69, 9.17) is 0 Å². The maximum Gasteiger partial charge on any atom is 0.364 e. The van der Waals surface area contributed by atoms with E-state index in [1.807, 2.05) is 36.4 Å². The minimum absolute atomic E-state index is 0.0434. The number of anilines is 1. The van der Waals surface area contributed by atoms with E-state index in [1.165, 1.54) is 5.56 Å². The largest absolute Gasteiger partial charge is 0.364 e. The molecule has 1 unspecified atom stereocenters. The number of carbonyl (C=O) groups excluding carboxylic acids is 1. The van der Waals surface area contributed by atoms with Gasteiger partial charge in [-0.05, 0) is 24.1 Å². The Labute approximate surface area is 128 Å². The SMILES string of the molecule is CCc1cccc(C2Nc3cnc4ccccc4[n+]3C2=O)c1. The van der Waals surface area contributed by atoms with E-state index in [9.17, 15) is 4.79 Å². The fraction of sp³-hybridized carbons (Fsp3) is 0.167. The van der Waals surface area contributed by atoms with Crippen LogP contribution in [0.1, 0.15) is 28.9 Å². The molecular formula is C18H16N3O+. The van der Waals surface area contributed by atoms with E-state index >= 15 is 0 Å². The van der Waals surface area contributed by atoms with Crippen LogP contribution in [0, 0.1) is 0 Å². The monoisotopic (exact) mass is 290 g/mol. The van der Waals surface area contributed by atoms with Gasteiger partial charge in [0.15, 0.2) is 5.52 Å². The van der Waals surface area contributed by atoms with Crippen molar-refractivity contribution < 1.29 is 9.36 Å². The summed E-state index contributed by atoms with van der Waals surface area (Å²) in [5.41, 5.74) is 3.89. The molecule has 4 heteroatoms. The molecule has 1 atom stereocenters. The molecule has 0 saturated carbocycles. The van der Waals surface area contributed by atoms with E-state index in [0.29, 0.717) is 0 Å². The van der Waals surface area contributed by atoms with Crippen molar-refractivity contribution in [2.75, 3.05) is 5.32 Å². The normalized spacial score (nSPS) is 16.6. The first-order chi connectivity index (χ1) is 10.8. The average molecular weight is 290 g/mol. The highest BCUT2D eigenvalue weighted by Crippen LogP contribution is 2.26. The predicted octanol–water partition coefficient (Wildman–Crippen LogP) is 2.89. The summed E-state index contributed by atoms with van der Waals surface area (Å²) >= 11 is 0. The number of rotatable bonds is 2. The van der Waals surface area contributed by atoms with Gasteiger partial charge in [0, 0.05) is 5.56 Å². The van der Waals surface area contributed by atoms with Gasteiger partial charge in [0.2, 0.25) is 6.04 Å². The molecule has 1 aromatic heterocycles. The Hall–Kier alpha value is -2.75. The van der Waals surface area contributed by atoms with E-state index in [2.05, 4.69) is 29.4 Å². The molecular weight excluding hydrogens is 274 g/mol. The van der Waals surface area contributed by atoms with Crippen LogP contribution in [0.4, 0.5) is 5.82 Å². The first-order valence-corrected chi connectivity index (χ1v) is 7.47. The summed E-state index contributed by atoms with van der Waals surface area (Å²) in [6.45, 7) is 2.12. The number of benzene rings is 2. The summed E-state index contributed by atoms with van der Waals surface area (Å²) in [6, 6.07) is 15.5.